The van der Waals surface area contributed by atoms with Gasteiger partial charge in [-0.25, -0.2) is 0 Å². The maximum atomic E-state index is 12.2. The Balaban J connectivity index is 2.07. The Morgan fingerprint density at radius 1 is 1.27 bits per heavy atom. The molecule has 0 saturated carbocycles. The zero-order chi connectivity index (χ0) is 15.9. The molecule has 1 N–H and O–H groups in total. The van der Waals surface area contributed by atoms with E-state index in [1.807, 2.05) is 55.5 Å². The van der Waals surface area contributed by atoms with Gasteiger partial charge in [-0.3, -0.25) is 4.79 Å². The second-order valence-electron chi connectivity index (χ2n) is 5.10. The lowest BCUT2D eigenvalue weighted by Gasteiger charge is -2.11. The van der Waals surface area contributed by atoms with E-state index in [0.717, 1.165) is 11.1 Å². The van der Waals surface area contributed by atoms with Crippen LogP contribution in [-0.2, 0) is 11.2 Å². The van der Waals surface area contributed by atoms with Crippen LogP contribution in [0.1, 0.15) is 11.1 Å². The number of nitrogens with one attached hydrogen (secondary N) is 1. The first-order chi connectivity index (χ1) is 10.6. The summed E-state index contributed by atoms with van der Waals surface area (Å²) in [4.78, 5) is 12.2. The Labute approximate surface area is 130 Å². The zero-order valence-corrected chi connectivity index (χ0v) is 12.7. The molecule has 0 spiro atoms. The summed E-state index contributed by atoms with van der Waals surface area (Å²) in [7, 11) is 1.59. The number of carbonyl (C=O) groups excluding carboxylic acids is 1. The van der Waals surface area contributed by atoms with Gasteiger partial charge < -0.3 is 10.1 Å². The summed E-state index contributed by atoms with van der Waals surface area (Å²) < 4.78 is 5.16. The molecule has 0 heterocycles. The average molecular weight is 294 g/mol. The SMILES string of the molecule is COc1cccc(C[C@@H](C#N)C(=O)Nc2cccc(C)c2)c1. The van der Waals surface area contributed by atoms with Crippen LogP contribution in [0.15, 0.2) is 48.5 Å². The molecule has 0 fully saturated rings. The molecule has 1 atom stereocenters. The van der Waals surface area contributed by atoms with Gasteiger partial charge in [-0.2, -0.15) is 5.26 Å². The van der Waals surface area contributed by atoms with Crippen molar-refractivity contribution in [3.8, 4) is 11.8 Å². The molecule has 112 valence electrons. The molecule has 0 saturated heterocycles. The van der Waals surface area contributed by atoms with Gasteiger partial charge in [-0.05, 0) is 48.7 Å². The number of carbonyl (C=O) groups is 1. The summed E-state index contributed by atoms with van der Waals surface area (Å²) in [5.41, 5.74) is 2.65. The van der Waals surface area contributed by atoms with Crippen LogP contribution in [0.5, 0.6) is 5.75 Å². The minimum absolute atomic E-state index is 0.295. The molecule has 0 bridgehead atoms. The summed E-state index contributed by atoms with van der Waals surface area (Å²) in [5.74, 6) is -0.322. The van der Waals surface area contributed by atoms with E-state index in [1.54, 1.807) is 7.11 Å². The number of amides is 1. The highest BCUT2D eigenvalue weighted by molar-refractivity contribution is 5.94. The Morgan fingerprint density at radius 2 is 2.05 bits per heavy atom. The van der Waals surface area contributed by atoms with Crippen molar-refractivity contribution in [3.05, 3.63) is 59.7 Å². The number of nitrogens with zero attached hydrogens (tertiary/aromatic N) is 1. The monoisotopic (exact) mass is 294 g/mol. The normalized spacial score (nSPS) is 11.3. The number of anilines is 1. The Morgan fingerprint density at radius 3 is 2.73 bits per heavy atom. The van der Waals surface area contributed by atoms with Gasteiger partial charge in [0.1, 0.15) is 11.7 Å². The molecule has 0 aliphatic heterocycles. The quantitative estimate of drug-likeness (QED) is 0.920. The number of hydrogen-bond donors (Lipinski definition) is 1. The van der Waals surface area contributed by atoms with E-state index in [9.17, 15) is 10.1 Å². The molecule has 0 aliphatic rings. The number of ether oxygens (including phenoxy) is 1. The smallest absolute Gasteiger partial charge is 0.242 e. The van der Waals surface area contributed by atoms with Crippen LogP contribution in [0.2, 0.25) is 0 Å². The van der Waals surface area contributed by atoms with E-state index in [0.29, 0.717) is 17.9 Å². The highest BCUT2D eigenvalue weighted by Gasteiger charge is 2.18. The maximum Gasteiger partial charge on any atom is 0.242 e. The Hall–Kier alpha value is -2.80. The first-order valence-electron chi connectivity index (χ1n) is 7.02. The summed E-state index contributed by atoms with van der Waals surface area (Å²) in [6, 6.07) is 17.0. The lowest BCUT2D eigenvalue weighted by atomic mass is 9.99. The highest BCUT2D eigenvalue weighted by atomic mass is 16.5. The number of nitriles is 1. The topological polar surface area (TPSA) is 62.1 Å². The lowest BCUT2D eigenvalue weighted by molar-refractivity contribution is -0.118. The van der Waals surface area contributed by atoms with Crippen LogP contribution in [0.25, 0.3) is 0 Å². The molecular weight excluding hydrogens is 276 g/mol. The van der Waals surface area contributed by atoms with Crippen LogP contribution in [0, 0.1) is 24.2 Å². The molecule has 4 nitrogen and oxygen atoms in total. The van der Waals surface area contributed by atoms with E-state index in [4.69, 9.17) is 4.74 Å². The molecule has 0 unspecified atom stereocenters. The number of benzene rings is 2. The summed E-state index contributed by atoms with van der Waals surface area (Å²) in [6.45, 7) is 1.95. The van der Waals surface area contributed by atoms with Crippen molar-refractivity contribution in [2.45, 2.75) is 13.3 Å². The van der Waals surface area contributed by atoms with Gasteiger partial charge >= 0.3 is 0 Å². The Bertz CT molecular complexity index is 704. The van der Waals surface area contributed by atoms with Crippen molar-refractivity contribution in [2.75, 3.05) is 12.4 Å². The van der Waals surface area contributed by atoms with Crippen LogP contribution in [0.4, 0.5) is 5.69 Å². The molecule has 1 amide bonds. The largest absolute Gasteiger partial charge is 0.497 e. The fourth-order valence-corrected chi connectivity index (χ4v) is 2.18. The van der Waals surface area contributed by atoms with Gasteiger partial charge in [-0.15, -0.1) is 0 Å². The molecule has 2 aromatic rings. The van der Waals surface area contributed by atoms with E-state index in [2.05, 4.69) is 11.4 Å². The summed E-state index contributed by atoms with van der Waals surface area (Å²) in [5, 5.41) is 12.1. The van der Waals surface area contributed by atoms with Crippen molar-refractivity contribution in [1.29, 1.82) is 5.26 Å². The number of aryl methyl sites for hydroxylation is 1. The highest BCUT2D eigenvalue weighted by Crippen LogP contribution is 2.17. The third kappa shape index (κ3) is 4.10. The molecule has 22 heavy (non-hydrogen) atoms. The van der Waals surface area contributed by atoms with Crippen LogP contribution in [0.3, 0.4) is 0 Å². The van der Waals surface area contributed by atoms with E-state index >= 15 is 0 Å². The van der Waals surface area contributed by atoms with Crippen LogP contribution in [-0.4, -0.2) is 13.0 Å². The predicted octanol–water partition coefficient (Wildman–Crippen LogP) is 3.32. The molecule has 4 heteroatoms. The van der Waals surface area contributed by atoms with E-state index in [1.165, 1.54) is 0 Å². The molecule has 0 radical (unpaired) electrons. The van der Waals surface area contributed by atoms with Crippen LogP contribution >= 0.6 is 0 Å². The standard InChI is InChI=1S/C18H18N2O2/c1-13-5-3-7-16(9-13)20-18(21)15(12-19)10-14-6-4-8-17(11-14)22-2/h3-9,11,15H,10H2,1-2H3,(H,20,21)/t15-/m0/s1. The number of methoxy groups -OCH3 is 1. The first-order valence-corrected chi connectivity index (χ1v) is 7.02. The molecule has 0 aromatic heterocycles. The second kappa shape index (κ2) is 7.28. The van der Waals surface area contributed by atoms with Crippen LogP contribution < -0.4 is 10.1 Å². The maximum absolute atomic E-state index is 12.2. The summed E-state index contributed by atoms with van der Waals surface area (Å²) in [6.07, 6.45) is 0.353. The van der Waals surface area contributed by atoms with Gasteiger partial charge in [0, 0.05) is 5.69 Å². The number of hydrogen-bond acceptors (Lipinski definition) is 3. The zero-order valence-electron chi connectivity index (χ0n) is 12.7. The van der Waals surface area contributed by atoms with E-state index in [-0.39, 0.29) is 5.91 Å². The van der Waals surface area contributed by atoms with Crippen molar-refractivity contribution < 1.29 is 9.53 Å². The average Bonchev–Trinajstić information content (AvgIpc) is 2.52. The lowest BCUT2D eigenvalue weighted by Crippen LogP contribution is -2.23. The third-order valence-corrected chi connectivity index (χ3v) is 3.33. The fourth-order valence-electron chi connectivity index (χ4n) is 2.18. The first kappa shape index (κ1) is 15.6. The minimum Gasteiger partial charge on any atom is -0.497 e. The minimum atomic E-state index is -0.743. The van der Waals surface area contributed by atoms with Crippen molar-refractivity contribution in [3.63, 3.8) is 0 Å². The van der Waals surface area contributed by atoms with Crippen molar-refractivity contribution >= 4 is 11.6 Å². The molecule has 0 aliphatic carbocycles. The fraction of sp³-hybridized carbons (Fsp3) is 0.222. The van der Waals surface area contributed by atoms with Gasteiger partial charge in [-0.1, -0.05) is 24.3 Å². The molecular formula is C18H18N2O2. The number of rotatable bonds is 5. The van der Waals surface area contributed by atoms with Gasteiger partial charge in [0.15, 0.2) is 0 Å². The van der Waals surface area contributed by atoms with E-state index < -0.39 is 5.92 Å². The Kier molecular flexibility index (Phi) is 5.16. The predicted molar refractivity (Wildman–Crippen MR) is 85.6 cm³/mol. The van der Waals surface area contributed by atoms with Crippen molar-refractivity contribution in [2.24, 2.45) is 5.92 Å². The molecule has 2 aromatic carbocycles. The van der Waals surface area contributed by atoms with Crippen molar-refractivity contribution in [1.82, 2.24) is 0 Å². The summed E-state index contributed by atoms with van der Waals surface area (Å²) >= 11 is 0. The van der Waals surface area contributed by atoms with Gasteiger partial charge in [0.25, 0.3) is 0 Å². The van der Waals surface area contributed by atoms with Gasteiger partial charge in [0.2, 0.25) is 5.91 Å². The molecule has 2 rings (SSSR count). The second-order valence-corrected chi connectivity index (χ2v) is 5.10. The third-order valence-electron chi connectivity index (χ3n) is 3.33. The van der Waals surface area contributed by atoms with Gasteiger partial charge in [0.05, 0.1) is 13.2 Å².